The van der Waals surface area contributed by atoms with Crippen LogP contribution in [0.4, 0.5) is 43.4 Å². The van der Waals surface area contributed by atoms with Crippen molar-refractivity contribution in [2.24, 2.45) is 0 Å². The normalized spacial score (nSPS) is 9.86. The van der Waals surface area contributed by atoms with Crippen molar-refractivity contribution < 1.29 is 35.8 Å². The second kappa shape index (κ2) is 11.1. The van der Waals surface area contributed by atoms with Gasteiger partial charge in [-0.3, -0.25) is 0 Å². The largest absolute Gasteiger partial charge is 0.432 e. The van der Waals surface area contributed by atoms with E-state index in [1.54, 1.807) is 0 Å². The Morgan fingerprint density at radius 2 is 1.29 bits per heavy atom. The summed E-state index contributed by atoms with van der Waals surface area (Å²) < 4.78 is 80.6. The van der Waals surface area contributed by atoms with Gasteiger partial charge in [0.1, 0.15) is 0 Å². The molecule has 154 valence electrons. The van der Waals surface area contributed by atoms with Gasteiger partial charge in [-0.15, -0.1) is 0 Å². The highest BCUT2D eigenvalue weighted by Gasteiger charge is 2.13. The summed E-state index contributed by atoms with van der Waals surface area (Å²) in [6, 6.07) is 3.56. The first kappa shape index (κ1) is 25.2. The fourth-order valence-corrected chi connectivity index (χ4v) is 1.89. The van der Waals surface area contributed by atoms with Crippen LogP contribution in [0.3, 0.4) is 0 Å². The molecule has 4 N–H and O–H groups in total. The van der Waals surface area contributed by atoms with Gasteiger partial charge in [0.15, 0.2) is 23.1 Å². The molecule has 5 nitrogen and oxygen atoms in total. The number of benzene rings is 2. The van der Waals surface area contributed by atoms with Crippen molar-refractivity contribution in [2.45, 2.75) is 20.6 Å². The smallest absolute Gasteiger partial charge is 0.387 e. The third kappa shape index (κ3) is 7.43. The van der Waals surface area contributed by atoms with Gasteiger partial charge in [0.25, 0.3) is 0 Å². The summed E-state index contributed by atoms with van der Waals surface area (Å²) in [6.07, 6.45) is 0. The molecule has 0 aromatic heterocycles. The molecule has 0 saturated carbocycles. The van der Waals surface area contributed by atoms with Gasteiger partial charge in [0.2, 0.25) is 5.69 Å². The molecule has 2 rings (SSSR count). The molecule has 28 heavy (non-hydrogen) atoms. The van der Waals surface area contributed by atoms with Crippen LogP contribution in [-0.2, 0) is 0 Å². The molecule has 0 heterocycles. The van der Waals surface area contributed by atoms with Crippen molar-refractivity contribution in [3.8, 4) is 11.5 Å². The second-order valence-corrected chi connectivity index (χ2v) is 5.37. The minimum atomic E-state index is -3.12. The lowest BCUT2D eigenvalue weighted by atomic mass is 10.2. The molecule has 0 aliphatic heterocycles. The van der Waals surface area contributed by atoms with E-state index in [0.29, 0.717) is 4.47 Å². The molecule has 0 fully saturated rings. The highest BCUT2D eigenvalue weighted by Crippen LogP contribution is 2.31. The standard InChI is InChI=1S/C8H5F3N2O.C7H5BrF3NO.CH4/c1-13-6-2-4(9)7(3-5(6)12)14-8(10)11;8-3-1-4(9)6(2-5(3)12)13-7(10)11;/h2-3,8H,12H2;1-2,7H,12H2;1H4. The Morgan fingerprint density at radius 3 is 1.71 bits per heavy atom. The molecule has 2 aromatic carbocycles. The average Bonchev–Trinajstić information content (AvgIpc) is 2.55. The van der Waals surface area contributed by atoms with Crippen LogP contribution in [-0.4, -0.2) is 13.2 Å². The molecule has 12 heteroatoms. The Morgan fingerprint density at radius 1 is 0.857 bits per heavy atom. The van der Waals surface area contributed by atoms with Crippen LogP contribution in [0.1, 0.15) is 7.43 Å². The first-order valence-corrected chi connectivity index (χ1v) is 7.45. The predicted octanol–water partition coefficient (Wildman–Crippen LogP) is 5.97. The Labute approximate surface area is 164 Å². The van der Waals surface area contributed by atoms with Crippen molar-refractivity contribution in [3.63, 3.8) is 0 Å². The van der Waals surface area contributed by atoms with Crippen LogP contribution in [0, 0.1) is 18.2 Å². The van der Waals surface area contributed by atoms with Gasteiger partial charge >= 0.3 is 13.2 Å². The van der Waals surface area contributed by atoms with E-state index in [9.17, 15) is 26.3 Å². The van der Waals surface area contributed by atoms with E-state index < -0.39 is 36.4 Å². The Bertz CT molecular complexity index is 846. The Kier molecular flexibility index (Phi) is 10.0. The molecular weight excluding hydrogens is 460 g/mol. The third-order valence-corrected chi connectivity index (χ3v) is 3.37. The molecule has 0 atom stereocenters. The summed E-state index contributed by atoms with van der Waals surface area (Å²) in [6.45, 7) is 0.400. The van der Waals surface area contributed by atoms with Gasteiger partial charge in [-0.2, -0.15) is 17.6 Å². The van der Waals surface area contributed by atoms with E-state index in [1.165, 1.54) is 0 Å². The summed E-state index contributed by atoms with van der Waals surface area (Å²) in [7, 11) is 0. The third-order valence-electron chi connectivity index (χ3n) is 2.68. The van der Waals surface area contributed by atoms with Crippen molar-refractivity contribution in [1.82, 2.24) is 0 Å². The maximum absolute atomic E-state index is 12.9. The van der Waals surface area contributed by atoms with Gasteiger partial charge in [-0.25, -0.2) is 13.6 Å². The number of anilines is 2. The van der Waals surface area contributed by atoms with E-state index in [-0.39, 0.29) is 24.5 Å². The van der Waals surface area contributed by atoms with E-state index in [1.807, 2.05) is 0 Å². The lowest BCUT2D eigenvalue weighted by molar-refractivity contribution is -0.0527. The van der Waals surface area contributed by atoms with Crippen molar-refractivity contribution in [3.05, 3.63) is 51.8 Å². The molecule has 2 aromatic rings. The number of rotatable bonds is 4. The fourth-order valence-electron chi connectivity index (χ4n) is 1.57. The van der Waals surface area contributed by atoms with Crippen LogP contribution in [0.15, 0.2) is 28.7 Å². The van der Waals surface area contributed by atoms with Crippen molar-refractivity contribution in [1.29, 1.82) is 0 Å². The van der Waals surface area contributed by atoms with Gasteiger partial charge in [0, 0.05) is 21.9 Å². The van der Waals surface area contributed by atoms with Crippen molar-refractivity contribution in [2.75, 3.05) is 11.5 Å². The average molecular weight is 474 g/mol. The molecule has 0 unspecified atom stereocenters. The zero-order valence-electron chi connectivity index (χ0n) is 13.0. The number of hydrogen-bond donors (Lipinski definition) is 2. The van der Waals surface area contributed by atoms with Gasteiger partial charge < -0.3 is 20.9 Å². The zero-order chi connectivity index (χ0) is 20.7. The number of halogens is 7. The molecule has 0 aliphatic rings. The summed E-state index contributed by atoms with van der Waals surface area (Å²) in [5.74, 6) is -3.15. The molecular formula is C16H14BrF6N3O2. The fraction of sp³-hybridized carbons (Fsp3) is 0.188. The molecule has 0 bridgehead atoms. The zero-order valence-corrected chi connectivity index (χ0v) is 14.6. The van der Waals surface area contributed by atoms with E-state index >= 15 is 0 Å². The number of alkyl halides is 4. The molecule has 0 radical (unpaired) electrons. The first-order chi connectivity index (χ1) is 12.5. The molecule has 0 spiro atoms. The van der Waals surface area contributed by atoms with E-state index in [0.717, 1.165) is 24.3 Å². The van der Waals surface area contributed by atoms with Crippen LogP contribution < -0.4 is 20.9 Å². The monoisotopic (exact) mass is 473 g/mol. The topological polar surface area (TPSA) is 74.9 Å². The maximum atomic E-state index is 12.9. The second-order valence-electron chi connectivity index (χ2n) is 4.51. The van der Waals surface area contributed by atoms with Crippen LogP contribution in [0.5, 0.6) is 11.5 Å². The number of nitrogen functional groups attached to an aromatic ring is 2. The lowest BCUT2D eigenvalue weighted by Crippen LogP contribution is -2.04. The predicted molar refractivity (Wildman–Crippen MR) is 95.6 cm³/mol. The molecule has 0 saturated heterocycles. The van der Waals surface area contributed by atoms with Gasteiger partial charge in [-0.05, 0) is 34.1 Å². The van der Waals surface area contributed by atoms with E-state index in [4.69, 9.17) is 18.0 Å². The molecule has 0 aliphatic carbocycles. The minimum absolute atomic E-state index is 0. The van der Waals surface area contributed by atoms with Crippen LogP contribution in [0.2, 0.25) is 0 Å². The Hall–Kier alpha value is -2.81. The van der Waals surface area contributed by atoms with Gasteiger partial charge in [0.05, 0.1) is 6.57 Å². The first-order valence-electron chi connectivity index (χ1n) is 6.65. The van der Waals surface area contributed by atoms with Crippen LogP contribution >= 0.6 is 15.9 Å². The number of ether oxygens (including phenoxy) is 2. The lowest BCUT2D eigenvalue weighted by Gasteiger charge is -2.07. The summed E-state index contributed by atoms with van der Waals surface area (Å²) in [5, 5.41) is 0. The maximum Gasteiger partial charge on any atom is 0.387 e. The van der Waals surface area contributed by atoms with Crippen LogP contribution in [0.25, 0.3) is 4.85 Å². The minimum Gasteiger partial charge on any atom is -0.432 e. The quantitative estimate of drug-likeness (QED) is 0.326. The number of nitrogens with zero attached hydrogens (tertiary/aromatic N) is 1. The SMILES string of the molecule is C.Nc1cc(OC(F)F)c(F)cc1Br.[C-]#[N+]c1cc(F)c(OC(F)F)cc1N. The highest BCUT2D eigenvalue weighted by molar-refractivity contribution is 9.10. The summed E-state index contributed by atoms with van der Waals surface area (Å²) in [5.41, 5.74) is 10.5. The Balaban J connectivity index is 0.000000504. The highest BCUT2D eigenvalue weighted by atomic mass is 79.9. The molecule has 0 amide bonds. The number of hydrogen-bond acceptors (Lipinski definition) is 4. The van der Waals surface area contributed by atoms with Crippen molar-refractivity contribution >= 4 is 33.0 Å². The number of nitrogens with two attached hydrogens (primary N) is 2. The van der Waals surface area contributed by atoms with Gasteiger partial charge in [-0.1, -0.05) is 7.43 Å². The summed E-state index contributed by atoms with van der Waals surface area (Å²) >= 11 is 2.94. The van der Waals surface area contributed by atoms with E-state index in [2.05, 4.69) is 30.2 Å². The summed E-state index contributed by atoms with van der Waals surface area (Å²) in [4.78, 5) is 2.89.